The topological polar surface area (TPSA) is 26.0 Å². The molecule has 3 saturated carbocycles. The smallest absolute Gasteiger partial charge is 0.00178 e. The summed E-state index contributed by atoms with van der Waals surface area (Å²) in [5.74, 6) is 4.65. The summed E-state index contributed by atoms with van der Waals surface area (Å²) in [5.41, 5.74) is 6.78. The van der Waals surface area contributed by atoms with Gasteiger partial charge in [-0.1, -0.05) is 47.0 Å². The van der Waals surface area contributed by atoms with Crippen LogP contribution in [0.2, 0.25) is 0 Å². The van der Waals surface area contributed by atoms with E-state index in [9.17, 15) is 0 Å². The van der Waals surface area contributed by atoms with E-state index >= 15 is 0 Å². The van der Waals surface area contributed by atoms with Crippen molar-refractivity contribution in [3.8, 4) is 0 Å². The van der Waals surface area contributed by atoms with Crippen LogP contribution >= 0.6 is 0 Å². The molecule has 2 N–H and O–H groups in total. The molecule has 2 bridgehead atoms. The van der Waals surface area contributed by atoms with Gasteiger partial charge >= 0.3 is 0 Å². The van der Waals surface area contributed by atoms with Crippen LogP contribution in [0.5, 0.6) is 0 Å². The number of rotatable bonds is 6. The fourth-order valence-corrected chi connectivity index (χ4v) is 5.13. The molecular weight excluding hydrogens is 230 g/mol. The minimum atomic E-state index is 0.495. The second kappa shape index (κ2) is 6.16. The maximum Gasteiger partial charge on any atom is -0.00178 e. The van der Waals surface area contributed by atoms with E-state index in [4.69, 9.17) is 5.73 Å². The normalized spacial score (nSPS) is 39.8. The van der Waals surface area contributed by atoms with Crippen molar-refractivity contribution >= 4 is 0 Å². The average molecular weight is 265 g/mol. The predicted octanol–water partition coefficient (Wildman–Crippen LogP) is 4.85. The molecule has 0 heterocycles. The Labute approximate surface area is 120 Å². The van der Waals surface area contributed by atoms with Crippen molar-refractivity contribution in [3.05, 3.63) is 0 Å². The third-order valence-electron chi connectivity index (χ3n) is 6.86. The molecule has 3 fully saturated rings. The second-order valence-electron chi connectivity index (χ2n) is 7.87. The van der Waals surface area contributed by atoms with Gasteiger partial charge in [-0.3, -0.25) is 0 Å². The van der Waals surface area contributed by atoms with Crippen LogP contribution in [0.1, 0.15) is 72.6 Å². The van der Waals surface area contributed by atoms with Crippen molar-refractivity contribution < 1.29 is 0 Å². The summed E-state index contributed by atoms with van der Waals surface area (Å²) < 4.78 is 0. The first-order chi connectivity index (χ1) is 9.04. The van der Waals surface area contributed by atoms with Crippen molar-refractivity contribution in [1.29, 1.82) is 0 Å². The zero-order valence-electron chi connectivity index (χ0n) is 13.6. The van der Waals surface area contributed by atoms with Gasteiger partial charge in [-0.25, -0.2) is 0 Å². The minimum absolute atomic E-state index is 0.495. The van der Waals surface area contributed by atoms with E-state index < -0.39 is 0 Å². The Balaban J connectivity index is 2.01. The van der Waals surface area contributed by atoms with Crippen LogP contribution in [-0.4, -0.2) is 6.54 Å². The number of hydrogen-bond donors (Lipinski definition) is 1. The fraction of sp³-hybridized carbons (Fsp3) is 1.00. The van der Waals surface area contributed by atoms with E-state index in [1.165, 1.54) is 44.9 Å². The first-order valence-electron chi connectivity index (χ1n) is 8.74. The maximum atomic E-state index is 6.29. The van der Waals surface area contributed by atoms with Gasteiger partial charge < -0.3 is 5.73 Å². The van der Waals surface area contributed by atoms with Crippen LogP contribution in [0.25, 0.3) is 0 Å². The molecule has 1 nitrogen and oxygen atoms in total. The quantitative estimate of drug-likeness (QED) is 0.730. The molecule has 0 amide bonds. The lowest BCUT2D eigenvalue weighted by Gasteiger charge is -2.51. The van der Waals surface area contributed by atoms with Crippen LogP contribution < -0.4 is 5.73 Å². The highest BCUT2D eigenvalue weighted by atomic mass is 14.7. The summed E-state index contributed by atoms with van der Waals surface area (Å²) in [7, 11) is 0. The lowest BCUT2D eigenvalue weighted by Crippen LogP contribution is -2.47. The van der Waals surface area contributed by atoms with E-state index in [1.54, 1.807) is 0 Å². The molecule has 0 aliphatic heterocycles. The Kier molecular flexibility index (Phi) is 4.98. The van der Waals surface area contributed by atoms with Gasteiger partial charge in [0.25, 0.3) is 0 Å². The van der Waals surface area contributed by atoms with Gasteiger partial charge in [-0.2, -0.15) is 0 Å². The monoisotopic (exact) mass is 265 g/mol. The molecule has 1 heteroatoms. The molecule has 112 valence electrons. The zero-order chi connectivity index (χ0) is 14.0. The largest absolute Gasteiger partial charge is 0.330 e. The Morgan fingerprint density at radius 2 is 2.05 bits per heavy atom. The summed E-state index contributed by atoms with van der Waals surface area (Å²) in [6.07, 6.45) is 9.92. The van der Waals surface area contributed by atoms with Crippen molar-refractivity contribution in [2.75, 3.05) is 6.54 Å². The minimum Gasteiger partial charge on any atom is -0.330 e. The highest BCUT2D eigenvalue weighted by Gasteiger charge is 2.51. The maximum absolute atomic E-state index is 6.29. The molecule has 3 aliphatic carbocycles. The first-order valence-corrected chi connectivity index (χ1v) is 8.74. The zero-order valence-corrected chi connectivity index (χ0v) is 13.6. The Hall–Kier alpha value is -0.0400. The molecule has 3 aliphatic rings. The molecule has 0 saturated heterocycles. The van der Waals surface area contributed by atoms with Crippen molar-refractivity contribution in [2.24, 2.45) is 40.7 Å². The fourth-order valence-electron chi connectivity index (χ4n) is 5.13. The molecule has 3 rings (SSSR count). The summed E-state index contributed by atoms with van der Waals surface area (Å²) in [6, 6.07) is 0. The van der Waals surface area contributed by atoms with Crippen LogP contribution in [0.3, 0.4) is 0 Å². The molecule has 4 unspecified atom stereocenters. The van der Waals surface area contributed by atoms with Gasteiger partial charge in [0.2, 0.25) is 0 Å². The average Bonchev–Trinajstić information content (AvgIpc) is 2.66. The van der Waals surface area contributed by atoms with Gasteiger partial charge in [0, 0.05) is 0 Å². The Morgan fingerprint density at radius 3 is 2.58 bits per heavy atom. The van der Waals surface area contributed by atoms with Gasteiger partial charge in [0.15, 0.2) is 0 Å². The standard InChI is InChI=1S/C18H35N/c1-5-15(13(2)3)8-10-18(12-19)9-6-7-16-11-17(18)14(16)4/h13-17H,5-12,19H2,1-4H3/t14?,15?,16-,17?,18?/m0/s1. The summed E-state index contributed by atoms with van der Waals surface area (Å²) >= 11 is 0. The van der Waals surface area contributed by atoms with Crippen LogP contribution in [0.15, 0.2) is 0 Å². The molecule has 19 heavy (non-hydrogen) atoms. The molecule has 0 radical (unpaired) electrons. The number of hydrogen-bond acceptors (Lipinski definition) is 1. The first kappa shape index (κ1) is 15.4. The molecule has 0 aromatic carbocycles. The third-order valence-corrected chi connectivity index (χ3v) is 6.86. The SMILES string of the molecule is CCC(CCC1(CN)CCC[C@H]2CC1C2C)C(C)C. The molecule has 0 spiro atoms. The van der Waals surface area contributed by atoms with Crippen LogP contribution in [0, 0.1) is 35.0 Å². The summed E-state index contributed by atoms with van der Waals surface area (Å²) in [5, 5.41) is 0. The van der Waals surface area contributed by atoms with E-state index in [-0.39, 0.29) is 0 Å². The number of nitrogens with two attached hydrogens (primary N) is 1. The highest BCUT2D eigenvalue weighted by molar-refractivity contribution is 5.01. The van der Waals surface area contributed by atoms with E-state index in [0.29, 0.717) is 5.41 Å². The van der Waals surface area contributed by atoms with Crippen molar-refractivity contribution in [3.63, 3.8) is 0 Å². The van der Waals surface area contributed by atoms with Crippen LogP contribution in [0.4, 0.5) is 0 Å². The van der Waals surface area contributed by atoms with Gasteiger partial charge in [-0.15, -0.1) is 0 Å². The van der Waals surface area contributed by atoms with Gasteiger partial charge in [0.1, 0.15) is 0 Å². The molecule has 0 aromatic rings. The molecule has 0 aromatic heterocycles. The Morgan fingerprint density at radius 1 is 1.32 bits per heavy atom. The Bertz CT molecular complexity index is 285. The van der Waals surface area contributed by atoms with Gasteiger partial charge in [0.05, 0.1) is 0 Å². The van der Waals surface area contributed by atoms with Crippen molar-refractivity contribution in [1.82, 2.24) is 0 Å². The van der Waals surface area contributed by atoms with E-state index in [0.717, 1.165) is 36.1 Å². The third kappa shape index (κ3) is 2.86. The van der Waals surface area contributed by atoms with E-state index in [2.05, 4.69) is 27.7 Å². The number of fused-ring (bicyclic) bond motifs is 3. The lowest BCUT2D eigenvalue weighted by molar-refractivity contribution is -0.0158. The van der Waals surface area contributed by atoms with Gasteiger partial charge in [-0.05, 0) is 67.2 Å². The summed E-state index contributed by atoms with van der Waals surface area (Å²) in [6.45, 7) is 10.6. The van der Waals surface area contributed by atoms with Crippen LogP contribution in [-0.2, 0) is 0 Å². The van der Waals surface area contributed by atoms with E-state index in [1.807, 2.05) is 0 Å². The lowest BCUT2D eigenvalue weighted by atomic mass is 9.54. The highest BCUT2D eigenvalue weighted by Crippen LogP contribution is 2.58. The summed E-state index contributed by atoms with van der Waals surface area (Å²) in [4.78, 5) is 0. The second-order valence-corrected chi connectivity index (χ2v) is 7.87. The van der Waals surface area contributed by atoms with Crippen molar-refractivity contribution in [2.45, 2.75) is 72.6 Å². The molecule has 5 atom stereocenters. The predicted molar refractivity (Wildman–Crippen MR) is 84.0 cm³/mol. The molecular formula is C18H35N.